The molecule has 1 amide bonds. The van der Waals surface area contributed by atoms with Gasteiger partial charge in [0.25, 0.3) is 5.56 Å². The van der Waals surface area contributed by atoms with Crippen molar-refractivity contribution < 1.29 is 4.79 Å². The van der Waals surface area contributed by atoms with Gasteiger partial charge in [-0.2, -0.15) is 4.52 Å². The Labute approximate surface area is 169 Å². The average molecular weight is 404 g/mol. The molecule has 0 N–H and O–H groups in total. The van der Waals surface area contributed by atoms with Gasteiger partial charge < -0.3 is 9.80 Å². The number of amides is 1. The van der Waals surface area contributed by atoms with E-state index in [0.29, 0.717) is 10.9 Å². The summed E-state index contributed by atoms with van der Waals surface area (Å²) < 4.78 is 1.41. The second-order valence-corrected chi connectivity index (χ2v) is 8.85. The molecule has 0 radical (unpaired) electrons. The van der Waals surface area contributed by atoms with Crippen LogP contribution in [0.25, 0.3) is 4.96 Å². The SMILES string of the molecule is CCCc1cc(=O)n2nc(N3CCC(C(=O)N4CCCCCC4)CC3)sc2n1. The third kappa shape index (κ3) is 4.06. The minimum absolute atomic E-state index is 0.109. The van der Waals surface area contributed by atoms with Gasteiger partial charge in [-0.1, -0.05) is 37.5 Å². The number of anilines is 1. The molecule has 8 heteroatoms. The van der Waals surface area contributed by atoms with E-state index in [1.54, 1.807) is 6.07 Å². The molecular formula is C20H29N5O2S. The van der Waals surface area contributed by atoms with Gasteiger partial charge >= 0.3 is 0 Å². The Morgan fingerprint density at radius 1 is 1.14 bits per heavy atom. The maximum absolute atomic E-state index is 12.9. The highest BCUT2D eigenvalue weighted by atomic mass is 32.1. The molecule has 2 aliphatic rings. The van der Waals surface area contributed by atoms with Gasteiger partial charge in [0.1, 0.15) is 0 Å². The summed E-state index contributed by atoms with van der Waals surface area (Å²) in [5, 5.41) is 5.33. The first-order valence-electron chi connectivity index (χ1n) is 10.6. The fraction of sp³-hybridized carbons (Fsp3) is 0.700. The largest absolute Gasteiger partial charge is 0.347 e. The van der Waals surface area contributed by atoms with Crippen LogP contribution in [-0.2, 0) is 11.2 Å². The number of hydrogen-bond acceptors (Lipinski definition) is 6. The summed E-state index contributed by atoms with van der Waals surface area (Å²) in [4.78, 5) is 34.7. The maximum Gasteiger partial charge on any atom is 0.275 e. The van der Waals surface area contributed by atoms with Gasteiger partial charge in [0.05, 0.1) is 0 Å². The van der Waals surface area contributed by atoms with E-state index in [0.717, 1.165) is 75.5 Å². The van der Waals surface area contributed by atoms with Crippen molar-refractivity contribution >= 4 is 27.3 Å². The second kappa shape index (κ2) is 8.59. The van der Waals surface area contributed by atoms with Crippen LogP contribution in [0.2, 0.25) is 0 Å². The van der Waals surface area contributed by atoms with Crippen LogP contribution in [-0.4, -0.2) is 51.6 Å². The second-order valence-electron chi connectivity index (χ2n) is 7.92. The van der Waals surface area contributed by atoms with Crippen molar-refractivity contribution in [1.29, 1.82) is 0 Å². The number of likely N-dealkylation sites (tertiary alicyclic amines) is 1. The predicted molar refractivity (Wildman–Crippen MR) is 111 cm³/mol. The van der Waals surface area contributed by atoms with Crippen LogP contribution in [0.3, 0.4) is 0 Å². The monoisotopic (exact) mass is 403 g/mol. The van der Waals surface area contributed by atoms with Crippen LogP contribution in [0, 0.1) is 5.92 Å². The van der Waals surface area contributed by atoms with Crippen molar-refractivity contribution in [3.05, 3.63) is 22.1 Å². The molecule has 0 aliphatic carbocycles. The topological polar surface area (TPSA) is 70.8 Å². The average Bonchev–Trinajstić information content (AvgIpc) is 2.95. The third-order valence-electron chi connectivity index (χ3n) is 5.83. The lowest BCUT2D eigenvalue weighted by Gasteiger charge is -2.33. The molecular weight excluding hydrogens is 374 g/mol. The van der Waals surface area contributed by atoms with Crippen LogP contribution < -0.4 is 10.5 Å². The van der Waals surface area contributed by atoms with Crippen molar-refractivity contribution in [2.45, 2.75) is 58.3 Å². The molecule has 2 aromatic rings. The van der Waals surface area contributed by atoms with Gasteiger partial charge in [-0.25, -0.2) is 4.98 Å². The van der Waals surface area contributed by atoms with Crippen molar-refractivity contribution in [3.63, 3.8) is 0 Å². The van der Waals surface area contributed by atoms with Crippen molar-refractivity contribution in [3.8, 4) is 0 Å². The van der Waals surface area contributed by atoms with Crippen LogP contribution in [0.1, 0.15) is 57.6 Å². The quantitative estimate of drug-likeness (QED) is 0.785. The summed E-state index contributed by atoms with van der Waals surface area (Å²) in [6.07, 6.45) is 8.25. The van der Waals surface area contributed by atoms with E-state index in [-0.39, 0.29) is 11.5 Å². The van der Waals surface area contributed by atoms with E-state index in [4.69, 9.17) is 0 Å². The number of nitrogens with zero attached hydrogens (tertiary/aromatic N) is 5. The van der Waals surface area contributed by atoms with Crippen LogP contribution >= 0.6 is 11.3 Å². The van der Waals surface area contributed by atoms with E-state index in [1.807, 2.05) is 0 Å². The Bertz CT molecular complexity index is 876. The normalized spacial score (nSPS) is 19.2. The number of carbonyl (C=O) groups is 1. The van der Waals surface area contributed by atoms with E-state index in [2.05, 4.69) is 26.8 Å². The fourth-order valence-electron chi connectivity index (χ4n) is 4.23. The minimum atomic E-state index is -0.109. The van der Waals surface area contributed by atoms with Crippen LogP contribution in [0.15, 0.2) is 10.9 Å². The van der Waals surface area contributed by atoms with E-state index in [1.165, 1.54) is 28.7 Å². The summed E-state index contributed by atoms with van der Waals surface area (Å²) >= 11 is 1.47. The fourth-order valence-corrected chi connectivity index (χ4v) is 5.20. The molecule has 0 spiro atoms. The first-order valence-corrected chi connectivity index (χ1v) is 11.4. The van der Waals surface area contributed by atoms with E-state index >= 15 is 0 Å². The van der Waals surface area contributed by atoms with Crippen molar-refractivity contribution in [2.75, 3.05) is 31.1 Å². The first-order chi connectivity index (χ1) is 13.7. The zero-order valence-electron chi connectivity index (χ0n) is 16.6. The van der Waals surface area contributed by atoms with Gasteiger partial charge in [0.2, 0.25) is 16.0 Å². The number of carbonyl (C=O) groups excluding carboxylic acids is 1. The highest BCUT2D eigenvalue weighted by molar-refractivity contribution is 7.20. The lowest BCUT2D eigenvalue weighted by atomic mass is 9.95. The maximum atomic E-state index is 12.9. The highest BCUT2D eigenvalue weighted by Gasteiger charge is 2.30. The number of rotatable bonds is 4. The number of piperidine rings is 1. The van der Waals surface area contributed by atoms with Crippen LogP contribution in [0.4, 0.5) is 5.13 Å². The Balaban J connectivity index is 1.42. The summed E-state index contributed by atoms with van der Waals surface area (Å²) in [5.74, 6) is 0.466. The predicted octanol–water partition coefficient (Wildman–Crippen LogP) is 2.72. The van der Waals surface area contributed by atoms with E-state index < -0.39 is 0 Å². The molecule has 0 unspecified atom stereocenters. The molecule has 0 saturated carbocycles. The smallest absolute Gasteiger partial charge is 0.275 e. The van der Waals surface area contributed by atoms with Crippen molar-refractivity contribution in [2.24, 2.45) is 5.92 Å². The number of aromatic nitrogens is 3. The molecule has 2 saturated heterocycles. The number of hydrogen-bond donors (Lipinski definition) is 0. The Morgan fingerprint density at radius 3 is 2.54 bits per heavy atom. The summed E-state index contributed by atoms with van der Waals surface area (Å²) in [7, 11) is 0. The molecule has 28 heavy (non-hydrogen) atoms. The Morgan fingerprint density at radius 2 is 1.86 bits per heavy atom. The van der Waals surface area contributed by atoms with Crippen molar-refractivity contribution in [1.82, 2.24) is 19.5 Å². The number of fused-ring (bicyclic) bond motifs is 1. The summed E-state index contributed by atoms with van der Waals surface area (Å²) in [5.41, 5.74) is 0.728. The molecule has 152 valence electrons. The summed E-state index contributed by atoms with van der Waals surface area (Å²) in [6.45, 7) is 5.54. The molecule has 0 aromatic carbocycles. The van der Waals surface area contributed by atoms with Gasteiger partial charge in [-0.05, 0) is 32.1 Å². The van der Waals surface area contributed by atoms with E-state index in [9.17, 15) is 9.59 Å². The number of aryl methyl sites for hydroxylation is 1. The minimum Gasteiger partial charge on any atom is -0.347 e. The lowest BCUT2D eigenvalue weighted by molar-refractivity contribution is -0.136. The molecule has 7 nitrogen and oxygen atoms in total. The molecule has 0 atom stereocenters. The highest BCUT2D eigenvalue weighted by Crippen LogP contribution is 2.28. The van der Waals surface area contributed by atoms with Gasteiger partial charge in [0.15, 0.2) is 0 Å². The van der Waals surface area contributed by atoms with Gasteiger partial charge in [-0.15, -0.1) is 5.10 Å². The first kappa shape index (κ1) is 19.4. The van der Waals surface area contributed by atoms with Crippen LogP contribution in [0.5, 0.6) is 0 Å². The third-order valence-corrected chi connectivity index (χ3v) is 6.80. The standard InChI is InChI=1S/C20H29N5O2S/c1-2-7-16-14-17(26)25-19(21-16)28-20(22-25)24-12-8-15(9-13-24)18(27)23-10-5-3-4-6-11-23/h14-15H,2-13H2,1H3. The molecule has 2 aliphatic heterocycles. The lowest BCUT2D eigenvalue weighted by Crippen LogP contribution is -2.43. The zero-order valence-corrected chi connectivity index (χ0v) is 17.4. The Kier molecular flexibility index (Phi) is 5.94. The molecule has 2 fully saturated rings. The zero-order chi connectivity index (χ0) is 19.5. The molecule has 0 bridgehead atoms. The summed E-state index contributed by atoms with van der Waals surface area (Å²) in [6, 6.07) is 1.59. The molecule has 4 rings (SSSR count). The van der Waals surface area contributed by atoms with Gasteiger partial charge in [0, 0.05) is 43.9 Å². The Hall–Kier alpha value is -1.96. The van der Waals surface area contributed by atoms with Gasteiger partial charge in [-0.3, -0.25) is 9.59 Å². The molecule has 2 aromatic heterocycles. The molecule has 4 heterocycles.